The first-order valence-corrected chi connectivity index (χ1v) is 9.26. The molecule has 6 nitrogen and oxygen atoms in total. The zero-order valence-corrected chi connectivity index (χ0v) is 16.5. The van der Waals surface area contributed by atoms with Crippen LogP contribution >= 0.6 is 0 Å². The lowest BCUT2D eigenvalue weighted by atomic mass is 10.1. The first-order valence-electron chi connectivity index (χ1n) is 9.26. The second-order valence-corrected chi connectivity index (χ2v) is 6.55. The highest BCUT2D eigenvalue weighted by Crippen LogP contribution is 2.33. The fourth-order valence-electron chi connectivity index (χ4n) is 3.15. The van der Waals surface area contributed by atoms with Crippen LogP contribution in [-0.4, -0.2) is 25.9 Å². The maximum absolute atomic E-state index is 13.2. The molecule has 0 spiro atoms. The van der Waals surface area contributed by atoms with Crippen molar-refractivity contribution in [3.05, 3.63) is 89.7 Å². The highest BCUT2D eigenvalue weighted by molar-refractivity contribution is 6.18. The maximum atomic E-state index is 13.2. The van der Waals surface area contributed by atoms with Gasteiger partial charge in [0.1, 0.15) is 17.1 Å². The third-order valence-electron chi connectivity index (χ3n) is 4.72. The van der Waals surface area contributed by atoms with Gasteiger partial charge in [-0.1, -0.05) is 24.3 Å². The lowest BCUT2D eigenvalue weighted by Gasteiger charge is -2.07. The number of ether oxygens (including phenoxy) is 2. The van der Waals surface area contributed by atoms with Gasteiger partial charge in [-0.2, -0.15) is 0 Å². The van der Waals surface area contributed by atoms with E-state index in [2.05, 4.69) is 5.32 Å². The Labute approximate surface area is 173 Å². The minimum atomic E-state index is -0.358. The predicted molar refractivity (Wildman–Crippen MR) is 114 cm³/mol. The number of anilines is 1. The number of furan rings is 1. The largest absolute Gasteiger partial charge is 0.497 e. The molecule has 150 valence electrons. The van der Waals surface area contributed by atoms with Crippen molar-refractivity contribution >= 4 is 28.3 Å². The fourth-order valence-corrected chi connectivity index (χ4v) is 3.15. The first kappa shape index (κ1) is 19.3. The van der Waals surface area contributed by atoms with Crippen molar-refractivity contribution in [2.75, 3.05) is 19.5 Å². The zero-order chi connectivity index (χ0) is 21.1. The van der Waals surface area contributed by atoms with Crippen LogP contribution in [0.3, 0.4) is 0 Å². The molecule has 0 saturated carbocycles. The quantitative estimate of drug-likeness (QED) is 0.463. The molecule has 4 rings (SSSR count). The molecule has 0 fully saturated rings. The third kappa shape index (κ3) is 3.63. The number of ketones is 1. The molecule has 1 aromatic heterocycles. The summed E-state index contributed by atoms with van der Waals surface area (Å²) in [5, 5.41) is 3.49. The molecule has 0 unspecified atom stereocenters. The van der Waals surface area contributed by atoms with Crippen LogP contribution in [0.2, 0.25) is 0 Å². The van der Waals surface area contributed by atoms with Crippen molar-refractivity contribution in [3.8, 4) is 11.5 Å². The molecule has 0 radical (unpaired) electrons. The third-order valence-corrected chi connectivity index (χ3v) is 4.72. The Morgan fingerprint density at radius 3 is 2.27 bits per heavy atom. The predicted octanol–water partition coefficient (Wildman–Crippen LogP) is 4.93. The summed E-state index contributed by atoms with van der Waals surface area (Å²) in [7, 11) is 3.09. The number of hydrogen-bond acceptors (Lipinski definition) is 5. The molecule has 30 heavy (non-hydrogen) atoms. The summed E-state index contributed by atoms with van der Waals surface area (Å²) < 4.78 is 16.2. The van der Waals surface area contributed by atoms with Crippen LogP contribution in [0.25, 0.3) is 11.0 Å². The summed E-state index contributed by atoms with van der Waals surface area (Å²) in [5.74, 6) is 0.556. The number of hydrogen-bond donors (Lipinski definition) is 1. The summed E-state index contributed by atoms with van der Waals surface area (Å²) in [6, 6.07) is 20.7. The molecule has 0 bridgehead atoms. The molecule has 6 heteroatoms. The summed E-state index contributed by atoms with van der Waals surface area (Å²) in [6.45, 7) is 0. The topological polar surface area (TPSA) is 77.8 Å². The molecule has 1 heterocycles. The molecular weight excluding hydrogens is 382 g/mol. The van der Waals surface area contributed by atoms with E-state index < -0.39 is 0 Å². The van der Waals surface area contributed by atoms with Gasteiger partial charge in [0.15, 0.2) is 5.76 Å². The van der Waals surface area contributed by atoms with E-state index in [-0.39, 0.29) is 17.5 Å². The lowest BCUT2D eigenvalue weighted by Crippen LogP contribution is -2.14. The normalized spacial score (nSPS) is 10.6. The molecule has 0 saturated heterocycles. The number of benzene rings is 3. The summed E-state index contributed by atoms with van der Waals surface area (Å²) in [5.41, 5.74) is 1.67. The van der Waals surface area contributed by atoms with Crippen molar-refractivity contribution in [3.63, 3.8) is 0 Å². The van der Waals surface area contributed by atoms with Gasteiger partial charge in [-0.15, -0.1) is 0 Å². The van der Waals surface area contributed by atoms with Crippen LogP contribution in [0.1, 0.15) is 26.5 Å². The number of fused-ring (bicyclic) bond motifs is 1. The SMILES string of the molecule is COc1ccc(C(=O)Nc2c(C(=O)c3cccc(OC)c3)oc3ccccc23)cc1. The summed E-state index contributed by atoms with van der Waals surface area (Å²) in [4.78, 5) is 26.0. The number of carbonyl (C=O) groups is 2. The molecule has 0 aliphatic carbocycles. The van der Waals surface area contributed by atoms with Crippen LogP contribution in [0.4, 0.5) is 5.69 Å². The monoisotopic (exact) mass is 401 g/mol. The Morgan fingerprint density at radius 2 is 1.53 bits per heavy atom. The summed E-state index contributed by atoms with van der Waals surface area (Å²) in [6.07, 6.45) is 0. The van der Waals surface area contributed by atoms with Gasteiger partial charge in [-0.3, -0.25) is 9.59 Å². The van der Waals surface area contributed by atoms with Crippen LogP contribution in [0.5, 0.6) is 11.5 Å². The van der Waals surface area contributed by atoms with Crippen molar-refractivity contribution in [1.29, 1.82) is 0 Å². The molecular formula is C24H19NO5. The molecule has 0 aliphatic heterocycles. The number of para-hydroxylation sites is 1. The van der Waals surface area contributed by atoms with E-state index in [9.17, 15) is 9.59 Å². The Morgan fingerprint density at radius 1 is 0.800 bits per heavy atom. The van der Waals surface area contributed by atoms with Gasteiger partial charge in [0.25, 0.3) is 5.91 Å². The van der Waals surface area contributed by atoms with Gasteiger partial charge in [0.05, 0.1) is 19.9 Å². The van der Waals surface area contributed by atoms with Gasteiger partial charge in [-0.05, 0) is 48.5 Å². The zero-order valence-electron chi connectivity index (χ0n) is 16.5. The smallest absolute Gasteiger partial charge is 0.255 e. The van der Waals surface area contributed by atoms with Crippen LogP contribution in [0.15, 0.2) is 77.2 Å². The van der Waals surface area contributed by atoms with Gasteiger partial charge in [0.2, 0.25) is 5.78 Å². The average molecular weight is 401 g/mol. The maximum Gasteiger partial charge on any atom is 0.255 e. The van der Waals surface area contributed by atoms with E-state index in [0.29, 0.717) is 39.3 Å². The molecule has 0 aliphatic rings. The second-order valence-electron chi connectivity index (χ2n) is 6.55. The number of rotatable bonds is 6. The molecule has 3 aromatic carbocycles. The van der Waals surface area contributed by atoms with E-state index in [0.717, 1.165) is 0 Å². The van der Waals surface area contributed by atoms with E-state index >= 15 is 0 Å². The minimum absolute atomic E-state index is 0.0614. The fraction of sp³-hybridized carbons (Fsp3) is 0.0833. The van der Waals surface area contributed by atoms with Crippen molar-refractivity contribution in [1.82, 2.24) is 0 Å². The first-order chi connectivity index (χ1) is 14.6. The van der Waals surface area contributed by atoms with Gasteiger partial charge in [0, 0.05) is 16.5 Å². The van der Waals surface area contributed by atoms with Crippen molar-refractivity contribution in [2.45, 2.75) is 0 Å². The number of carbonyl (C=O) groups excluding carboxylic acids is 2. The Balaban J connectivity index is 1.74. The van der Waals surface area contributed by atoms with Crippen LogP contribution < -0.4 is 14.8 Å². The Hall–Kier alpha value is -4.06. The van der Waals surface area contributed by atoms with Gasteiger partial charge < -0.3 is 19.2 Å². The second kappa shape index (κ2) is 8.13. The van der Waals surface area contributed by atoms with Gasteiger partial charge >= 0.3 is 0 Å². The van der Waals surface area contributed by atoms with Crippen molar-refractivity contribution < 1.29 is 23.5 Å². The lowest BCUT2D eigenvalue weighted by molar-refractivity contribution is 0.101. The molecule has 0 atom stereocenters. The van der Waals surface area contributed by atoms with Crippen LogP contribution in [-0.2, 0) is 0 Å². The van der Waals surface area contributed by atoms with E-state index in [1.54, 1.807) is 73.8 Å². The highest BCUT2D eigenvalue weighted by atomic mass is 16.5. The minimum Gasteiger partial charge on any atom is -0.497 e. The number of methoxy groups -OCH3 is 2. The molecule has 1 amide bonds. The molecule has 4 aromatic rings. The number of nitrogens with one attached hydrogen (secondary N) is 1. The average Bonchev–Trinajstić information content (AvgIpc) is 3.17. The van der Waals surface area contributed by atoms with E-state index in [4.69, 9.17) is 13.9 Å². The van der Waals surface area contributed by atoms with Crippen LogP contribution in [0, 0.1) is 0 Å². The number of amides is 1. The van der Waals surface area contributed by atoms with E-state index in [1.807, 2.05) is 6.07 Å². The summed E-state index contributed by atoms with van der Waals surface area (Å²) >= 11 is 0. The van der Waals surface area contributed by atoms with Crippen molar-refractivity contribution in [2.24, 2.45) is 0 Å². The standard InChI is InChI=1S/C24H19NO5/c1-28-17-12-10-15(11-13-17)24(27)25-21-19-8-3-4-9-20(19)30-23(21)22(26)16-6-5-7-18(14-16)29-2/h3-14H,1-2H3,(H,25,27). The van der Waals surface area contributed by atoms with E-state index in [1.165, 1.54) is 7.11 Å². The Bertz CT molecular complexity index is 1220. The molecule has 1 N–H and O–H groups in total. The Kier molecular flexibility index (Phi) is 5.22. The van der Waals surface area contributed by atoms with Gasteiger partial charge in [-0.25, -0.2) is 0 Å². The highest BCUT2D eigenvalue weighted by Gasteiger charge is 2.24.